The van der Waals surface area contributed by atoms with Crippen molar-refractivity contribution in [2.45, 2.75) is 78.7 Å². The first-order valence-electron chi connectivity index (χ1n) is 15.4. The lowest BCUT2D eigenvalue weighted by Crippen LogP contribution is -2.27. The second-order valence-corrected chi connectivity index (χ2v) is 11.4. The molecule has 0 aliphatic carbocycles. The molecule has 0 heterocycles. The second kappa shape index (κ2) is 18.1. The van der Waals surface area contributed by atoms with Crippen molar-refractivity contribution in [1.82, 2.24) is 0 Å². The van der Waals surface area contributed by atoms with Gasteiger partial charge in [-0.3, -0.25) is 0 Å². The number of carbonyl (C=O) groups excluding carboxylic acids is 3. The monoisotopic (exact) mass is 622 g/mol. The van der Waals surface area contributed by atoms with Crippen LogP contribution in [0.4, 0.5) is 0 Å². The first-order valence-corrected chi connectivity index (χ1v) is 15.8. The first-order chi connectivity index (χ1) is 21.2. The van der Waals surface area contributed by atoms with Gasteiger partial charge in [0, 0.05) is 0 Å². The lowest BCUT2D eigenvalue weighted by molar-refractivity contribution is -0.154. The Morgan fingerprint density at radius 1 is 0.750 bits per heavy atom. The van der Waals surface area contributed by atoms with Crippen molar-refractivity contribution < 1.29 is 33.3 Å². The van der Waals surface area contributed by atoms with Gasteiger partial charge in [-0.1, -0.05) is 89.1 Å². The average molecular weight is 623 g/mol. The van der Waals surface area contributed by atoms with Crippen LogP contribution in [0, 0.1) is 5.92 Å². The number of unbranched alkanes of at least 4 members (excludes halogenated alkanes) is 5. The molecular formula is C36H43ClO7. The fourth-order valence-electron chi connectivity index (χ4n) is 4.22. The molecule has 0 bridgehead atoms. The van der Waals surface area contributed by atoms with E-state index in [9.17, 15) is 14.4 Å². The molecule has 0 aliphatic heterocycles. The van der Waals surface area contributed by atoms with Gasteiger partial charge in [0.1, 0.15) is 11.5 Å². The Labute approximate surface area is 265 Å². The van der Waals surface area contributed by atoms with E-state index in [-0.39, 0.29) is 23.8 Å². The lowest BCUT2D eigenvalue weighted by atomic mass is 10.0. The molecule has 2 unspecified atom stereocenters. The Kier molecular flexibility index (Phi) is 14.2. The molecule has 3 rings (SSSR count). The summed E-state index contributed by atoms with van der Waals surface area (Å²) >= 11 is 6.48. The highest BCUT2D eigenvalue weighted by molar-refractivity contribution is 6.32. The molecule has 3 aromatic carbocycles. The van der Waals surface area contributed by atoms with Gasteiger partial charge in [-0.25, -0.2) is 14.4 Å². The molecule has 0 saturated carbocycles. The van der Waals surface area contributed by atoms with Crippen molar-refractivity contribution in [3.8, 4) is 22.6 Å². The lowest BCUT2D eigenvalue weighted by Gasteiger charge is -2.15. The smallest absolute Gasteiger partial charge is 0.347 e. The predicted molar refractivity (Wildman–Crippen MR) is 172 cm³/mol. The Morgan fingerprint density at radius 2 is 1.36 bits per heavy atom. The summed E-state index contributed by atoms with van der Waals surface area (Å²) in [5.41, 5.74) is 2.38. The van der Waals surface area contributed by atoms with Gasteiger partial charge in [0.25, 0.3) is 0 Å². The number of esters is 3. The largest absolute Gasteiger partial charge is 0.492 e. The van der Waals surface area contributed by atoms with Crippen LogP contribution in [0.15, 0.2) is 66.7 Å². The minimum absolute atomic E-state index is 0.216. The van der Waals surface area contributed by atoms with E-state index in [1.165, 1.54) is 56.9 Å². The van der Waals surface area contributed by atoms with E-state index in [1.807, 2.05) is 44.2 Å². The maximum absolute atomic E-state index is 12.7. The SMILES string of the molecule is CCCCCCCCOc1ccc(-c2ccc(C(=O)Oc3ccc(C(=O)OC(C)C(=O)OCC(C)CC)cc3)cc2)cc1Cl. The highest BCUT2D eigenvalue weighted by Crippen LogP contribution is 2.31. The molecule has 0 radical (unpaired) electrons. The van der Waals surface area contributed by atoms with Crippen LogP contribution in [0.3, 0.4) is 0 Å². The maximum Gasteiger partial charge on any atom is 0.347 e. The summed E-state index contributed by atoms with van der Waals surface area (Å²) in [4.78, 5) is 37.2. The zero-order chi connectivity index (χ0) is 31.9. The van der Waals surface area contributed by atoms with Crippen molar-refractivity contribution in [2.75, 3.05) is 13.2 Å². The molecule has 0 fully saturated rings. The second-order valence-electron chi connectivity index (χ2n) is 10.9. The predicted octanol–water partition coefficient (Wildman–Crippen LogP) is 9.10. The van der Waals surface area contributed by atoms with Crippen LogP contribution >= 0.6 is 11.6 Å². The maximum atomic E-state index is 12.7. The Morgan fingerprint density at radius 3 is 2.02 bits per heavy atom. The van der Waals surface area contributed by atoms with Crippen molar-refractivity contribution >= 4 is 29.5 Å². The van der Waals surface area contributed by atoms with Crippen molar-refractivity contribution in [2.24, 2.45) is 5.92 Å². The third-order valence-corrected chi connectivity index (χ3v) is 7.56. The van der Waals surface area contributed by atoms with E-state index in [2.05, 4.69) is 6.92 Å². The fourth-order valence-corrected chi connectivity index (χ4v) is 4.46. The molecular weight excluding hydrogens is 580 g/mol. The number of carbonyl (C=O) groups is 3. The number of rotatable bonds is 17. The van der Waals surface area contributed by atoms with E-state index >= 15 is 0 Å². The number of hydrogen-bond acceptors (Lipinski definition) is 7. The molecule has 0 amide bonds. The number of ether oxygens (including phenoxy) is 4. The van der Waals surface area contributed by atoms with Crippen molar-refractivity contribution in [1.29, 1.82) is 0 Å². The van der Waals surface area contributed by atoms with Gasteiger partial charge >= 0.3 is 17.9 Å². The zero-order valence-corrected chi connectivity index (χ0v) is 26.9. The molecule has 0 saturated heterocycles. The van der Waals surface area contributed by atoms with E-state index in [4.69, 9.17) is 30.5 Å². The quantitative estimate of drug-likeness (QED) is 0.0842. The van der Waals surface area contributed by atoms with Gasteiger partial charge in [0.15, 0.2) is 6.10 Å². The summed E-state index contributed by atoms with van der Waals surface area (Å²) in [7, 11) is 0. The van der Waals surface area contributed by atoms with E-state index in [1.54, 1.807) is 12.1 Å². The topological polar surface area (TPSA) is 88.1 Å². The first kappa shape index (κ1) is 34.6. The molecule has 2 atom stereocenters. The number of hydrogen-bond donors (Lipinski definition) is 0. The van der Waals surface area contributed by atoms with E-state index < -0.39 is 24.0 Å². The highest BCUT2D eigenvalue weighted by atomic mass is 35.5. The normalized spacial score (nSPS) is 12.2. The van der Waals surface area contributed by atoms with Gasteiger partial charge in [0.05, 0.1) is 29.4 Å². The molecule has 3 aromatic rings. The van der Waals surface area contributed by atoms with Gasteiger partial charge in [-0.15, -0.1) is 0 Å². The summed E-state index contributed by atoms with van der Waals surface area (Å²) in [6, 6.07) is 18.6. The minimum atomic E-state index is -1.04. The van der Waals surface area contributed by atoms with Gasteiger partial charge in [0.2, 0.25) is 0 Å². The summed E-state index contributed by atoms with van der Waals surface area (Å²) in [6.07, 6.45) is 7.02. The van der Waals surface area contributed by atoms with Gasteiger partial charge < -0.3 is 18.9 Å². The van der Waals surface area contributed by atoms with Crippen LogP contribution in [-0.4, -0.2) is 37.2 Å². The third-order valence-electron chi connectivity index (χ3n) is 7.26. The summed E-state index contributed by atoms with van der Waals surface area (Å²) in [6.45, 7) is 8.57. The molecule has 0 aliphatic rings. The van der Waals surface area contributed by atoms with Gasteiger partial charge in [-0.2, -0.15) is 0 Å². The van der Waals surface area contributed by atoms with Crippen molar-refractivity contribution in [3.05, 3.63) is 82.9 Å². The van der Waals surface area contributed by atoms with Crippen LogP contribution in [-0.2, 0) is 14.3 Å². The molecule has 0 aromatic heterocycles. The highest BCUT2D eigenvalue weighted by Gasteiger charge is 2.21. The molecule has 0 spiro atoms. The van der Waals surface area contributed by atoms with Crippen LogP contribution in [0.5, 0.6) is 11.5 Å². The number of halogens is 1. The van der Waals surface area contributed by atoms with Crippen LogP contribution < -0.4 is 9.47 Å². The zero-order valence-electron chi connectivity index (χ0n) is 26.1. The molecule has 44 heavy (non-hydrogen) atoms. The summed E-state index contributed by atoms with van der Waals surface area (Å²) in [5.74, 6) is -0.656. The summed E-state index contributed by atoms with van der Waals surface area (Å²) < 4.78 is 21.7. The minimum Gasteiger partial charge on any atom is -0.492 e. The molecule has 8 heteroatoms. The molecule has 7 nitrogen and oxygen atoms in total. The van der Waals surface area contributed by atoms with Crippen LogP contribution in [0.2, 0.25) is 5.02 Å². The van der Waals surface area contributed by atoms with Crippen molar-refractivity contribution in [3.63, 3.8) is 0 Å². The van der Waals surface area contributed by atoms with E-state index in [0.29, 0.717) is 22.9 Å². The average Bonchev–Trinajstić information content (AvgIpc) is 3.03. The Hall–Kier alpha value is -3.84. The van der Waals surface area contributed by atoms with Crippen LogP contribution in [0.25, 0.3) is 11.1 Å². The standard InChI is InChI=1S/C36H43ClO7/c1-5-7-8-9-10-11-22-41-33-21-18-30(23-32(33)37)27-12-14-28(15-13-27)36(40)44-31-19-16-29(17-20-31)35(39)43-26(4)34(38)42-24-25(3)6-2/h12-21,23,25-26H,5-11,22,24H2,1-4H3. The fraction of sp³-hybridized carbons (Fsp3) is 0.417. The Bertz CT molecular complexity index is 1350. The summed E-state index contributed by atoms with van der Waals surface area (Å²) in [5, 5.41) is 0.542. The molecule has 236 valence electrons. The molecule has 0 N–H and O–H groups in total. The number of benzene rings is 3. The van der Waals surface area contributed by atoms with E-state index in [0.717, 1.165) is 30.4 Å². The van der Waals surface area contributed by atoms with Gasteiger partial charge in [-0.05, 0) is 78.9 Å². The van der Waals surface area contributed by atoms with Crippen LogP contribution in [0.1, 0.15) is 93.4 Å². The third kappa shape index (κ3) is 11.0. The Balaban J connectivity index is 1.49.